The number of alkyl halides is 3. The molecule has 1 saturated carbocycles. The Kier molecular flexibility index (Phi) is 8.83. The normalized spacial score (nSPS) is 14.3. The monoisotopic (exact) mass is 576 g/mol. The van der Waals surface area contributed by atoms with Gasteiger partial charge in [-0.15, -0.1) is 0 Å². The van der Waals surface area contributed by atoms with Crippen molar-refractivity contribution in [2.75, 3.05) is 30.5 Å². The van der Waals surface area contributed by atoms with Crippen molar-refractivity contribution in [3.05, 3.63) is 48.2 Å². The second kappa shape index (κ2) is 12.1. The van der Waals surface area contributed by atoms with E-state index in [1.54, 1.807) is 18.2 Å². The van der Waals surface area contributed by atoms with E-state index in [1.165, 1.54) is 31.4 Å². The van der Waals surface area contributed by atoms with Crippen molar-refractivity contribution >= 4 is 38.1 Å². The number of hydrogen-bond acceptors (Lipinski definition) is 5. The number of amides is 2. The highest BCUT2D eigenvalue weighted by atomic mass is 32.2. The lowest BCUT2D eigenvalue weighted by Crippen LogP contribution is -2.39. The molecule has 4 rings (SSSR count). The highest BCUT2D eigenvalue weighted by molar-refractivity contribution is 7.90. The number of fused-ring (bicyclic) bond motifs is 1. The van der Waals surface area contributed by atoms with Gasteiger partial charge in [0.05, 0.1) is 41.1 Å². The Morgan fingerprint density at radius 1 is 1.10 bits per heavy atom. The Balaban J connectivity index is 1.57. The average Bonchev–Trinajstić information content (AvgIpc) is 3.23. The average molecular weight is 577 g/mol. The number of rotatable bonds is 7. The molecule has 1 aromatic heterocycles. The summed E-state index contributed by atoms with van der Waals surface area (Å²) in [6.07, 6.45) is 1.66. The quantitative estimate of drug-likeness (QED) is 0.321. The maximum absolute atomic E-state index is 13.5. The molecule has 2 aromatic carbocycles. The van der Waals surface area contributed by atoms with Crippen LogP contribution in [0.15, 0.2) is 47.4 Å². The van der Waals surface area contributed by atoms with E-state index >= 15 is 0 Å². The summed E-state index contributed by atoms with van der Waals surface area (Å²) in [5.41, 5.74) is 1.30. The molecule has 2 amide bonds. The van der Waals surface area contributed by atoms with Crippen LogP contribution in [0.4, 0.5) is 29.3 Å². The second-order valence-corrected chi connectivity index (χ2v) is 11.7. The molecule has 1 fully saturated rings. The zero-order chi connectivity index (χ0) is 28.9. The molecule has 0 saturated heterocycles. The van der Waals surface area contributed by atoms with Crippen molar-refractivity contribution in [1.29, 1.82) is 0 Å². The van der Waals surface area contributed by atoms with Crippen LogP contribution in [0, 0.1) is 11.8 Å². The lowest BCUT2D eigenvalue weighted by molar-refractivity contribution is -0.140. The third-order valence-corrected chi connectivity index (χ3v) is 7.77. The van der Waals surface area contributed by atoms with Crippen LogP contribution in [-0.2, 0) is 16.4 Å². The van der Waals surface area contributed by atoms with Crippen LogP contribution in [0.3, 0.4) is 0 Å². The molecule has 0 atom stereocenters. The number of carbonyl (C=O) groups excluding carboxylic acids is 1. The Hall–Kier alpha value is -3.85. The van der Waals surface area contributed by atoms with Gasteiger partial charge >= 0.3 is 12.2 Å². The lowest BCUT2D eigenvalue weighted by atomic mass is 9.96. The molecule has 1 heterocycles. The van der Waals surface area contributed by atoms with Gasteiger partial charge in [-0.25, -0.2) is 13.2 Å². The van der Waals surface area contributed by atoms with E-state index in [2.05, 4.69) is 27.8 Å². The molecule has 8 nitrogen and oxygen atoms in total. The van der Waals surface area contributed by atoms with Crippen molar-refractivity contribution in [2.45, 2.75) is 55.8 Å². The number of benzene rings is 2. The van der Waals surface area contributed by atoms with Crippen LogP contribution in [0.1, 0.15) is 37.8 Å². The number of hydrogen-bond donors (Lipinski definition) is 3. The number of anilines is 2. The number of nitrogens with zero attached hydrogens (tertiary/aromatic N) is 1. The van der Waals surface area contributed by atoms with Gasteiger partial charge in [-0.1, -0.05) is 31.2 Å². The lowest BCUT2D eigenvalue weighted by Gasteiger charge is -2.23. The standard InChI is InChI=1S/C28H31F3N4O4S/c1-39-26-17-21(40(2,37)38)13-14-24(26)32-15-7-10-20-16-22-23(34-27(36)33-19-8-4-3-5-9-19)11-6-12-25(22)35(20)18-28(29,30)31/h6,11-14,16-17,19,32H,3-5,8-9,15,18H2,1-2H3,(H2,33,34,36). The minimum atomic E-state index is -4.49. The van der Waals surface area contributed by atoms with Gasteiger partial charge in [0.2, 0.25) is 0 Å². The summed E-state index contributed by atoms with van der Waals surface area (Å²) >= 11 is 0. The van der Waals surface area contributed by atoms with Gasteiger partial charge < -0.3 is 25.3 Å². The number of methoxy groups -OCH3 is 1. The molecule has 1 aliphatic carbocycles. The fraction of sp³-hybridized carbons (Fsp3) is 0.393. The molecule has 0 aliphatic heterocycles. The molecule has 12 heteroatoms. The predicted molar refractivity (Wildman–Crippen MR) is 148 cm³/mol. The Labute approximate surface area is 231 Å². The third kappa shape index (κ3) is 7.41. The molecule has 0 radical (unpaired) electrons. The van der Waals surface area contributed by atoms with Gasteiger partial charge in [-0.05, 0) is 49.1 Å². The highest BCUT2D eigenvalue weighted by Gasteiger charge is 2.30. The summed E-state index contributed by atoms with van der Waals surface area (Å²) in [5.74, 6) is 5.92. The molecule has 214 valence electrons. The topological polar surface area (TPSA) is 101 Å². The number of urea groups is 1. The van der Waals surface area contributed by atoms with Gasteiger partial charge in [0, 0.05) is 23.8 Å². The zero-order valence-corrected chi connectivity index (χ0v) is 23.0. The third-order valence-electron chi connectivity index (χ3n) is 6.66. The molecule has 3 N–H and O–H groups in total. The van der Waals surface area contributed by atoms with E-state index in [9.17, 15) is 26.4 Å². The van der Waals surface area contributed by atoms with Crippen molar-refractivity contribution in [1.82, 2.24) is 9.88 Å². The minimum Gasteiger partial charge on any atom is -0.495 e. The minimum absolute atomic E-state index is 0.0526. The number of aromatic nitrogens is 1. The van der Waals surface area contributed by atoms with Crippen LogP contribution in [0.25, 0.3) is 10.9 Å². The van der Waals surface area contributed by atoms with Gasteiger partial charge in [0.25, 0.3) is 0 Å². The van der Waals surface area contributed by atoms with Crippen molar-refractivity contribution in [3.8, 4) is 17.6 Å². The molecular formula is C28H31F3N4O4S. The van der Waals surface area contributed by atoms with Crippen LogP contribution >= 0.6 is 0 Å². The van der Waals surface area contributed by atoms with E-state index in [0.717, 1.165) is 42.9 Å². The first-order valence-electron chi connectivity index (χ1n) is 12.8. The largest absolute Gasteiger partial charge is 0.495 e. The highest BCUT2D eigenvalue weighted by Crippen LogP contribution is 2.31. The van der Waals surface area contributed by atoms with Crippen LogP contribution in [-0.4, -0.2) is 51.1 Å². The van der Waals surface area contributed by atoms with Crippen LogP contribution in [0.2, 0.25) is 0 Å². The Morgan fingerprint density at radius 3 is 2.52 bits per heavy atom. The maximum Gasteiger partial charge on any atom is 0.406 e. The van der Waals surface area contributed by atoms with Crippen molar-refractivity contribution < 1.29 is 31.1 Å². The number of sulfone groups is 1. The van der Waals surface area contributed by atoms with Gasteiger partial charge in [0.1, 0.15) is 12.3 Å². The number of ether oxygens (including phenoxy) is 1. The van der Waals surface area contributed by atoms with E-state index in [-0.39, 0.29) is 28.9 Å². The van der Waals surface area contributed by atoms with Crippen LogP contribution in [0.5, 0.6) is 5.75 Å². The molecule has 3 aromatic rings. The molecule has 0 spiro atoms. The second-order valence-electron chi connectivity index (χ2n) is 9.69. The van der Waals surface area contributed by atoms with Gasteiger partial charge in [0.15, 0.2) is 9.84 Å². The summed E-state index contributed by atoms with van der Waals surface area (Å²) in [6.45, 7) is -1.19. The van der Waals surface area contributed by atoms with Crippen LogP contribution < -0.4 is 20.7 Å². The fourth-order valence-electron chi connectivity index (χ4n) is 4.76. The Morgan fingerprint density at radius 2 is 1.85 bits per heavy atom. The van der Waals surface area contributed by atoms with Crippen molar-refractivity contribution in [3.63, 3.8) is 0 Å². The molecule has 0 unspecified atom stereocenters. The number of nitrogens with one attached hydrogen (secondary N) is 3. The Bertz CT molecular complexity index is 1550. The first-order chi connectivity index (χ1) is 18.9. The molecular weight excluding hydrogens is 545 g/mol. The number of carbonyl (C=O) groups is 1. The fourth-order valence-corrected chi connectivity index (χ4v) is 5.40. The SMILES string of the molecule is COc1cc(S(C)(=O)=O)ccc1NCC#Cc1cc2c(NC(=O)NC3CCCCC3)cccc2n1CC(F)(F)F. The summed E-state index contributed by atoms with van der Waals surface area (Å²) in [6, 6.07) is 10.4. The molecule has 1 aliphatic rings. The smallest absolute Gasteiger partial charge is 0.406 e. The zero-order valence-electron chi connectivity index (χ0n) is 22.2. The first kappa shape index (κ1) is 29.1. The molecule has 40 heavy (non-hydrogen) atoms. The maximum atomic E-state index is 13.5. The van der Waals surface area contributed by atoms with E-state index in [1.807, 2.05) is 0 Å². The summed E-state index contributed by atoms with van der Waals surface area (Å²) < 4.78 is 70.4. The number of halogens is 3. The van der Waals surface area contributed by atoms with E-state index in [0.29, 0.717) is 22.3 Å². The van der Waals surface area contributed by atoms with E-state index in [4.69, 9.17) is 4.74 Å². The van der Waals surface area contributed by atoms with Gasteiger partial charge in [-0.2, -0.15) is 13.2 Å². The summed E-state index contributed by atoms with van der Waals surface area (Å²) in [7, 11) is -2.03. The summed E-state index contributed by atoms with van der Waals surface area (Å²) in [5, 5.41) is 9.19. The predicted octanol–water partition coefficient (Wildman–Crippen LogP) is 5.53. The molecule has 0 bridgehead atoms. The van der Waals surface area contributed by atoms with Crippen molar-refractivity contribution in [2.24, 2.45) is 0 Å². The van der Waals surface area contributed by atoms with Gasteiger partial charge in [-0.3, -0.25) is 0 Å². The first-order valence-corrected chi connectivity index (χ1v) is 14.7. The van der Waals surface area contributed by atoms with E-state index < -0.39 is 28.6 Å². The summed E-state index contributed by atoms with van der Waals surface area (Å²) in [4.78, 5) is 12.7.